The van der Waals surface area contributed by atoms with E-state index >= 15 is 0 Å². The molecule has 0 spiro atoms. The largest absolute Gasteiger partial charge is 0.341 e. The molecule has 2 heterocycles. The van der Waals surface area contributed by atoms with E-state index in [9.17, 15) is 9.59 Å². The predicted molar refractivity (Wildman–Crippen MR) is 97.1 cm³/mol. The van der Waals surface area contributed by atoms with E-state index in [0.29, 0.717) is 12.3 Å². The number of carbonyl (C=O) groups is 2. The number of fused-ring (bicyclic) bond motifs is 1. The van der Waals surface area contributed by atoms with Crippen molar-refractivity contribution >= 4 is 11.8 Å². The Morgan fingerprint density at radius 1 is 0.960 bits per heavy atom. The maximum atomic E-state index is 12.9. The number of amides is 2. The Kier molecular flexibility index (Phi) is 4.78. The average Bonchev–Trinajstić information content (AvgIpc) is 3.33. The lowest BCUT2D eigenvalue weighted by Gasteiger charge is -2.30. The number of carbonyl (C=O) groups excluding carboxylic acids is 2. The molecule has 0 bridgehead atoms. The first-order valence-electron chi connectivity index (χ1n) is 9.87. The van der Waals surface area contributed by atoms with Crippen LogP contribution in [-0.2, 0) is 22.4 Å². The summed E-state index contributed by atoms with van der Waals surface area (Å²) in [6.07, 6.45) is 7.77. The summed E-state index contributed by atoms with van der Waals surface area (Å²) >= 11 is 0. The van der Waals surface area contributed by atoms with Gasteiger partial charge in [-0.15, -0.1) is 0 Å². The quantitative estimate of drug-likeness (QED) is 0.849. The molecular weight excluding hydrogens is 312 g/mol. The van der Waals surface area contributed by atoms with Gasteiger partial charge in [0, 0.05) is 26.1 Å². The third-order valence-corrected chi connectivity index (χ3v) is 6.19. The second kappa shape index (κ2) is 7.19. The van der Waals surface area contributed by atoms with Gasteiger partial charge in [0.2, 0.25) is 11.8 Å². The molecule has 25 heavy (non-hydrogen) atoms. The first-order valence-corrected chi connectivity index (χ1v) is 9.87. The molecule has 4 nitrogen and oxygen atoms in total. The van der Waals surface area contributed by atoms with Crippen LogP contribution in [0.2, 0.25) is 0 Å². The van der Waals surface area contributed by atoms with Crippen molar-refractivity contribution in [3.63, 3.8) is 0 Å². The Labute approximate surface area is 150 Å². The maximum absolute atomic E-state index is 12.9. The molecule has 4 heteroatoms. The van der Waals surface area contributed by atoms with Crippen molar-refractivity contribution in [3.8, 4) is 0 Å². The lowest BCUT2D eigenvalue weighted by molar-refractivity contribution is -0.143. The average molecular weight is 340 g/mol. The second-order valence-electron chi connectivity index (χ2n) is 7.86. The molecule has 1 aromatic rings. The molecule has 2 saturated heterocycles. The molecule has 1 aliphatic carbocycles. The molecule has 134 valence electrons. The number of rotatable bonds is 3. The standard InChI is InChI=1S/C21H28N2O2/c24-20(15-16-9-10-17-6-1-2-7-18(17)14-16)23-13-5-8-19(23)21(25)22-11-3-4-12-22/h1-2,6-7,16,19H,3-5,8-15H2/t16?,19-/m0/s1. The molecule has 0 saturated carbocycles. The fourth-order valence-electron chi connectivity index (χ4n) is 4.78. The Hall–Kier alpha value is -1.84. The highest BCUT2D eigenvalue weighted by Crippen LogP contribution is 2.29. The van der Waals surface area contributed by atoms with Gasteiger partial charge in [-0.05, 0) is 62.0 Å². The summed E-state index contributed by atoms with van der Waals surface area (Å²) in [7, 11) is 0. The van der Waals surface area contributed by atoms with Gasteiger partial charge in [-0.1, -0.05) is 24.3 Å². The van der Waals surface area contributed by atoms with Gasteiger partial charge in [0.25, 0.3) is 0 Å². The van der Waals surface area contributed by atoms with Gasteiger partial charge in [-0.25, -0.2) is 0 Å². The van der Waals surface area contributed by atoms with Crippen LogP contribution in [0.4, 0.5) is 0 Å². The van der Waals surface area contributed by atoms with Crippen molar-refractivity contribution in [2.75, 3.05) is 19.6 Å². The third kappa shape index (κ3) is 3.44. The first-order chi connectivity index (χ1) is 12.2. The van der Waals surface area contributed by atoms with Crippen LogP contribution in [-0.4, -0.2) is 47.3 Å². The Balaban J connectivity index is 1.38. The molecular formula is C21H28N2O2. The Morgan fingerprint density at radius 3 is 2.52 bits per heavy atom. The summed E-state index contributed by atoms with van der Waals surface area (Å²) in [5, 5.41) is 0. The number of hydrogen-bond donors (Lipinski definition) is 0. The van der Waals surface area contributed by atoms with E-state index in [0.717, 1.165) is 64.6 Å². The summed E-state index contributed by atoms with van der Waals surface area (Å²) in [5.74, 6) is 0.808. The lowest BCUT2D eigenvalue weighted by Crippen LogP contribution is -2.47. The first kappa shape index (κ1) is 16.6. The van der Waals surface area contributed by atoms with E-state index in [1.165, 1.54) is 11.1 Å². The van der Waals surface area contributed by atoms with Crippen LogP contribution >= 0.6 is 0 Å². The van der Waals surface area contributed by atoms with Crippen LogP contribution in [0.3, 0.4) is 0 Å². The number of benzene rings is 1. The van der Waals surface area contributed by atoms with Gasteiger partial charge in [0.15, 0.2) is 0 Å². The molecule has 0 aromatic heterocycles. The zero-order chi connectivity index (χ0) is 17.2. The van der Waals surface area contributed by atoms with Gasteiger partial charge in [-0.2, -0.15) is 0 Å². The SMILES string of the molecule is O=C([C@@H]1CCCN1C(=O)CC1CCc2ccccc2C1)N1CCCC1. The van der Waals surface area contributed by atoms with Crippen molar-refractivity contribution < 1.29 is 9.59 Å². The normalized spacial score (nSPS) is 25.9. The summed E-state index contributed by atoms with van der Waals surface area (Å²) in [4.78, 5) is 29.5. The molecule has 2 fully saturated rings. The summed E-state index contributed by atoms with van der Waals surface area (Å²) < 4.78 is 0. The molecule has 4 rings (SSSR count). The van der Waals surface area contributed by atoms with Gasteiger partial charge in [0.1, 0.15) is 6.04 Å². The smallest absolute Gasteiger partial charge is 0.245 e. The molecule has 2 aliphatic heterocycles. The summed E-state index contributed by atoms with van der Waals surface area (Å²) in [6.45, 7) is 2.50. The van der Waals surface area contributed by atoms with E-state index in [2.05, 4.69) is 24.3 Å². The monoisotopic (exact) mass is 340 g/mol. The second-order valence-corrected chi connectivity index (χ2v) is 7.86. The van der Waals surface area contributed by atoms with Crippen molar-refractivity contribution in [1.82, 2.24) is 9.80 Å². The van der Waals surface area contributed by atoms with Crippen molar-refractivity contribution in [3.05, 3.63) is 35.4 Å². The van der Waals surface area contributed by atoms with Crippen molar-refractivity contribution in [1.29, 1.82) is 0 Å². The molecule has 3 aliphatic rings. The van der Waals surface area contributed by atoms with E-state index in [-0.39, 0.29) is 17.9 Å². The van der Waals surface area contributed by atoms with Gasteiger partial charge < -0.3 is 9.80 Å². The number of hydrogen-bond acceptors (Lipinski definition) is 2. The van der Waals surface area contributed by atoms with Gasteiger partial charge in [0.05, 0.1) is 0 Å². The number of aryl methyl sites for hydroxylation is 1. The van der Waals surface area contributed by atoms with E-state index in [1.54, 1.807) is 0 Å². The minimum Gasteiger partial charge on any atom is -0.341 e. The molecule has 0 N–H and O–H groups in total. The third-order valence-electron chi connectivity index (χ3n) is 6.19. The maximum Gasteiger partial charge on any atom is 0.245 e. The highest BCUT2D eigenvalue weighted by Gasteiger charge is 2.37. The predicted octanol–water partition coefficient (Wildman–Crippen LogP) is 2.80. The van der Waals surface area contributed by atoms with Crippen LogP contribution in [0.15, 0.2) is 24.3 Å². The topological polar surface area (TPSA) is 40.6 Å². The van der Waals surface area contributed by atoms with Crippen LogP contribution < -0.4 is 0 Å². The van der Waals surface area contributed by atoms with E-state index in [4.69, 9.17) is 0 Å². The zero-order valence-corrected chi connectivity index (χ0v) is 15.0. The fraction of sp³-hybridized carbons (Fsp3) is 0.619. The molecule has 1 unspecified atom stereocenters. The minimum atomic E-state index is -0.193. The van der Waals surface area contributed by atoms with Crippen molar-refractivity contribution in [2.24, 2.45) is 5.92 Å². The number of nitrogens with zero attached hydrogens (tertiary/aromatic N) is 2. The van der Waals surface area contributed by atoms with E-state index in [1.807, 2.05) is 9.80 Å². The molecule has 1 aromatic carbocycles. The molecule has 0 radical (unpaired) electrons. The lowest BCUT2D eigenvalue weighted by atomic mass is 9.82. The number of likely N-dealkylation sites (tertiary alicyclic amines) is 2. The Bertz CT molecular complexity index is 651. The molecule has 2 atom stereocenters. The zero-order valence-electron chi connectivity index (χ0n) is 15.0. The van der Waals surface area contributed by atoms with E-state index < -0.39 is 0 Å². The van der Waals surface area contributed by atoms with Crippen LogP contribution in [0, 0.1) is 5.92 Å². The summed E-state index contributed by atoms with van der Waals surface area (Å²) in [6, 6.07) is 8.40. The fourth-order valence-corrected chi connectivity index (χ4v) is 4.78. The highest BCUT2D eigenvalue weighted by molar-refractivity contribution is 5.88. The Morgan fingerprint density at radius 2 is 1.72 bits per heavy atom. The van der Waals surface area contributed by atoms with Crippen LogP contribution in [0.25, 0.3) is 0 Å². The van der Waals surface area contributed by atoms with Gasteiger partial charge >= 0.3 is 0 Å². The van der Waals surface area contributed by atoms with Gasteiger partial charge in [-0.3, -0.25) is 9.59 Å². The van der Waals surface area contributed by atoms with Crippen LogP contribution in [0.5, 0.6) is 0 Å². The van der Waals surface area contributed by atoms with Crippen molar-refractivity contribution in [2.45, 2.75) is 57.4 Å². The molecule has 2 amide bonds. The highest BCUT2D eigenvalue weighted by atomic mass is 16.2. The minimum absolute atomic E-state index is 0.192. The summed E-state index contributed by atoms with van der Waals surface area (Å²) in [5.41, 5.74) is 2.84. The van der Waals surface area contributed by atoms with Crippen LogP contribution in [0.1, 0.15) is 49.7 Å².